The van der Waals surface area contributed by atoms with E-state index in [2.05, 4.69) is 15.2 Å². The molecule has 6 nitrogen and oxygen atoms in total. The number of nitrogens with one attached hydrogen (secondary N) is 1. The maximum atomic E-state index is 13.9. The summed E-state index contributed by atoms with van der Waals surface area (Å²) in [6.45, 7) is 4.69. The average Bonchev–Trinajstić information content (AvgIpc) is 2.78. The molecule has 1 aromatic heterocycles. The topological polar surface area (TPSA) is 67.2 Å². The van der Waals surface area contributed by atoms with Gasteiger partial charge in [-0.3, -0.25) is 14.5 Å². The van der Waals surface area contributed by atoms with Crippen LogP contribution >= 0.6 is 0 Å². The fourth-order valence-electron chi connectivity index (χ4n) is 4.17. The van der Waals surface area contributed by atoms with E-state index in [1.807, 2.05) is 12.1 Å². The number of rotatable bonds is 5. The lowest BCUT2D eigenvalue weighted by atomic mass is 9.96. The molecule has 2 aromatic carbocycles. The van der Waals surface area contributed by atoms with Gasteiger partial charge in [-0.05, 0) is 63.0 Å². The number of nitrogens with zero attached hydrogens (tertiary/aromatic N) is 3. The molecule has 1 saturated heterocycles. The number of aromatic nitrogens is 2. The van der Waals surface area contributed by atoms with E-state index < -0.39 is 0 Å². The Balaban J connectivity index is 1.32. The Labute approximate surface area is 180 Å². The largest absolute Gasteiger partial charge is 0.352 e. The van der Waals surface area contributed by atoms with Crippen molar-refractivity contribution in [3.63, 3.8) is 0 Å². The van der Waals surface area contributed by atoms with Crippen molar-refractivity contribution in [1.29, 1.82) is 0 Å². The van der Waals surface area contributed by atoms with Gasteiger partial charge in [0.25, 0.3) is 11.5 Å². The van der Waals surface area contributed by atoms with E-state index in [0.717, 1.165) is 31.5 Å². The number of carbonyl (C=O) groups excluding carboxylic acids is 1. The average molecular weight is 423 g/mol. The third kappa shape index (κ3) is 4.66. The monoisotopic (exact) mass is 422 g/mol. The summed E-state index contributed by atoms with van der Waals surface area (Å²) in [7, 11) is 1.71. The van der Waals surface area contributed by atoms with Crippen LogP contribution in [0.2, 0.25) is 0 Å². The fraction of sp³-hybridized carbons (Fsp3) is 0.375. The highest BCUT2D eigenvalue weighted by Crippen LogP contribution is 2.20. The summed E-state index contributed by atoms with van der Waals surface area (Å²) in [6, 6.07) is 12.1. The third-order valence-corrected chi connectivity index (χ3v) is 6.11. The number of aryl methyl sites for hydroxylation is 2. The fourth-order valence-corrected chi connectivity index (χ4v) is 4.17. The SMILES string of the molecule is Cc1nc2cc(C(=O)NCC3CCN(Cc4ccccc4F)CC3)ccc2n(C)c1=O. The molecule has 1 fully saturated rings. The van der Waals surface area contributed by atoms with Gasteiger partial charge in [0.1, 0.15) is 11.5 Å². The third-order valence-electron chi connectivity index (χ3n) is 6.11. The molecule has 4 rings (SSSR count). The zero-order valence-electron chi connectivity index (χ0n) is 17.9. The molecule has 1 aliphatic rings. The van der Waals surface area contributed by atoms with Gasteiger partial charge in [-0.25, -0.2) is 9.37 Å². The minimum Gasteiger partial charge on any atom is -0.352 e. The van der Waals surface area contributed by atoms with Crippen LogP contribution in [0.15, 0.2) is 47.3 Å². The van der Waals surface area contributed by atoms with Gasteiger partial charge >= 0.3 is 0 Å². The Morgan fingerprint density at radius 1 is 1.19 bits per heavy atom. The number of likely N-dealkylation sites (tertiary alicyclic amines) is 1. The van der Waals surface area contributed by atoms with E-state index in [1.54, 1.807) is 42.8 Å². The van der Waals surface area contributed by atoms with Crippen LogP contribution in [-0.4, -0.2) is 40.0 Å². The summed E-state index contributed by atoms with van der Waals surface area (Å²) < 4.78 is 15.4. The maximum absolute atomic E-state index is 13.9. The second kappa shape index (κ2) is 8.98. The molecular formula is C24H27FN4O2. The quantitative estimate of drug-likeness (QED) is 0.686. The number of halogens is 1. The van der Waals surface area contributed by atoms with E-state index >= 15 is 0 Å². The van der Waals surface area contributed by atoms with E-state index in [9.17, 15) is 14.0 Å². The number of fused-ring (bicyclic) bond motifs is 1. The molecule has 0 spiro atoms. The zero-order chi connectivity index (χ0) is 22.0. The first-order valence-corrected chi connectivity index (χ1v) is 10.6. The van der Waals surface area contributed by atoms with Crippen LogP contribution in [0.5, 0.6) is 0 Å². The highest BCUT2D eigenvalue weighted by Gasteiger charge is 2.21. The van der Waals surface area contributed by atoms with Crippen LogP contribution in [0.3, 0.4) is 0 Å². The van der Waals surface area contributed by atoms with Crippen molar-refractivity contribution in [3.05, 3.63) is 75.5 Å². The van der Waals surface area contributed by atoms with Crippen molar-refractivity contribution < 1.29 is 9.18 Å². The van der Waals surface area contributed by atoms with Crippen LogP contribution in [0.25, 0.3) is 11.0 Å². The van der Waals surface area contributed by atoms with Gasteiger partial charge in [0.05, 0.1) is 11.0 Å². The maximum Gasteiger partial charge on any atom is 0.272 e. The van der Waals surface area contributed by atoms with E-state index in [4.69, 9.17) is 0 Å². The Hall–Kier alpha value is -3.06. The van der Waals surface area contributed by atoms with Crippen LogP contribution in [0.1, 0.15) is 34.5 Å². The van der Waals surface area contributed by atoms with Crippen LogP contribution in [-0.2, 0) is 13.6 Å². The van der Waals surface area contributed by atoms with Gasteiger partial charge in [-0.2, -0.15) is 0 Å². The molecule has 0 atom stereocenters. The lowest BCUT2D eigenvalue weighted by molar-refractivity contribution is 0.0935. The predicted molar refractivity (Wildman–Crippen MR) is 118 cm³/mol. The molecule has 1 aliphatic heterocycles. The van der Waals surface area contributed by atoms with E-state index in [1.165, 1.54) is 6.07 Å². The van der Waals surface area contributed by atoms with Crippen molar-refractivity contribution in [2.75, 3.05) is 19.6 Å². The molecule has 0 aliphatic carbocycles. The molecule has 0 bridgehead atoms. The second-order valence-corrected chi connectivity index (χ2v) is 8.29. The molecule has 7 heteroatoms. The lowest BCUT2D eigenvalue weighted by Crippen LogP contribution is -2.38. The van der Waals surface area contributed by atoms with Gasteiger partial charge in [-0.1, -0.05) is 18.2 Å². The van der Waals surface area contributed by atoms with Gasteiger partial charge < -0.3 is 9.88 Å². The van der Waals surface area contributed by atoms with Crippen molar-refractivity contribution >= 4 is 16.9 Å². The molecule has 0 radical (unpaired) electrons. The summed E-state index contributed by atoms with van der Waals surface area (Å²) in [5.41, 5.74) is 2.88. The van der Waals surface area contributed by atoms with Crippen molar-refractivity contribution in [1.82, 2.24) is 19.8 Å². The highest BCUT2D eigenvalue weighted by molar-refractivity contribution is 5.97. The molecule has 0 unspecified atom stereocenters. The normalized spacial score (nSPS) is 15.3. The molecule has 3 aromatic rings. The zero-order valence-corrected chi connectivity index (χ0v) is 17.9. The predicted octanol–water partition coefficient (Wildman–Crippen LogP) is 3.02. The van der Waals surface area contributed by atoms with Crippen LogP contribution in [0, 0.1) is 18.7 Å². The van der Waals surface area contributed by atoms with Crippen molar-refractivity contribution in [2.24, 2.45) is 13.0 Å². The smallest absolute Gasteiger partial charge is 0.272 e. The summed E-state index contributed by atoms with van der Waals surface area (Å²) >= 11 is 0. The number of carbonyl (C=O) groups is 1. The molecule has 31 heavy (non-hydrogen) atoms. The Morgan fingerprint density at radius 2 is 1.94 bits per heavy atom. The first kappa shape index (κ1) is 21.2. The summed E-state index contributed by atoms with van der Waals surface area (Å²) in [6.07, 6.45) is 1.94. The van der Waals surface area contributed by atoms with Crippen LogP contribution in [0.4, 0.5) is 4.39 Å². The molecule has 1 N–H and O–H groups in total. The number of hydrogen-bond acceptors (Lipinski definition) is 4. The minimum absolute atomic E-state index is 0.133. The molecule has 162 valence electrons. The highest BCUT2D eigenvalue weighted by atomic mass is 19.1. The first-order valence-electron chi connectivity index (χ1n) is 10.6. The number of piperidine rings is 1. The Morgan fingerprint density at radius 3 is 2.68 bits per heavy atom. The lowest BCUT2D eigenvalue weighted by Gasteiger charge is -2.32. The number of benzene rings is 2. The molecule has 1 amide bonds. The first-order chi connectivity index (χ1) is 14.9. The summed E-state index contributed by atoms with van der Waals surface area (Å²) in [5.74, 6) is 0.114. The number of amides is 1. The van der Waals surface area contributed by atoms with Crippen molar-refractivity contribution in [2.45, 2.75) is 26.3 Å². The number of hydrogen-bond donors (Lipinski definition) is 1. The molecule has 2 heterocycles. The summed E-state index contributed by atoms with van der Waals surface area (Å²) in [4.78, 5) is 31.3. The van der Waals surface area contributed by atoms with Crippen molar-refractivity contribution in [3.8, 4) is 0 Å². The standard InChI is InChI=1S/C24H27FN4O2/c1-16-24(31)28(2)22-8-7-18(13-21(22)27-16)23(30)26-14-17-9-11-29(12-10-17)15-19-5-3-4-6-20(19)25/h3-8,13,17H,9-12,14-15H2,1-2H3,(H,26,30). The van der Waals surface area contributed by atoms with Gasteiger partial charge in [0.2, 0.25) is 0 Å². The second-order valence-electron chi connectivity index (χ2n) is 8.29. The van der Waals surface area contributed by atoms with Gasteiger partial charge in [0, 0.05) is 31.3 Å². The minimum atomic E-state index is -0.156. The Bertz CT molecular complexity index is 1170. The Kier molecular flexibility index (Phi) is 6.13. The van der Waals surface area contributed by atoms with Gasteiger partial charge in [-0.15, -0.1) is 0 Å². The van der Waals surface area contributed by atoms with E-state index in [0.29, 0.717) is 41.3 Å². The molecule has 0 saturated carbocycles. The van der Waals surface area contributed by atoms with Gasteiger partial charge in [0.15, 0.2) is 0 Å². The summed E-state index contributed by atoms with van der Waals surface area (Å²) in [5, 5.41) is 3.03. The van der Waals surface area contributed by atoms with E-state index in [-0.39, 0.29) is 17.3 Å². The molecular weight excluding hydrogens is 395 g/mol. The van der Waals surface area contributed by atoms with Crippen LogP contribution < -0.4 is 10.9 Å².